The number of hydrogen-bond donors (Lipinski definition) is 1. The Balaban J connectivity index is 0.00000320. The van der Waals surface area contributed by atoms with Crippen LogP contribution >= 0.6 is 24.0 Å². The van der Waals surface area contributed by atoms with Crippen LogP contribution in [0.3, 0.4) is 0 Å². The molecule has 1 atom stereocenters. The van der Waals surface area contributed by atoms with Crippen molar-refractivity contribution in [1.29, 1.82) is 0 Å². The molecule has 1 saturated heterocycles. The molecular formula is C23H36IN5O. The van der Waals surface area contributed by atoms with E-state index in [2.05, 4.69) is 68.1 Å². The van der Waals surface area contributed by atoms with Gasteiger partial charge in [-0.05, 0) is 57.7 Å². The van der Waals surface area contributed by atoms with Crippen molar-refractivity contribution >= 4 is 29.9 Å². The molecule has 0 bridgehead atoms. The molecule has 0 spiro atoms. The van der Waals surface area contributed by atoms with E-state index in [1.54, 1.807) is 0 Å². The molecule has 6 nitrogen and oxygen atoms in total. The number of aryl methyl sites for hydroxylation is 4. The van der Waals surface area contributed by atoms with Crippen LogP contribution in [0, 0.1) is 27.7 Å². The fraction of sp³-hybridized carbons (Fsp3) is 0.565. The number of hydrogen-bond acceptors (Lipinski definition) is 3. The summed E-state index contributed by atoms with van der Waals surface area (Å²) in [7, 11) is 2.00. The Morgan fingerprint density at radius 2 is 2.03 bits per heavy atom. The molecule has 1 aromatic carbocycles. The second kappa shape index (κ2) is 11.1. The van der Waals surface area contributed by atoms with Gasteiger partial charge in [-0.25, -0.2) is 0 Å². The van der Waals surface area contributed by atoms with E-state index in [-0.39, 0.29) is 30.1 Å². The lowest BCUT2D eigenvalue weighted by Crippen LogP contribution is -2.48. The van der Waals surface area contributed by atoms with Crippen LogP contribution in [0.2, 0.25) is 0 Å². The molecule has 1 N–H and O–H groups in total. The van der Waals surface area contributed by atoms with Gasteiger partial charge in [0.15, 0.2) is 5.96 Å². The zero-order valence-corrected chi connectivity index (χ0v) is 21.5. The molecule has 30 heavy (non-hydrogen) atoms. The minimum Gasteiger partial charge on any atom is -0.370 e. The van der Waals surface area contributed by atoms with E-state index in [9.17, 15) is 0 Å². The zero-order valence-electron chi connectivity index (χ0n) is 19.2. The van der Waals surface area contributed by atoms with Crippen molar-refractivity contribution in [2.45, 2.75) is 47.1 Å². The number of ether oxygens (including phenoxy) is 1. The Morgan fingerprint density at radius 1 is 1.27 bits per heavy atom. The number of morpholine rings is 1. The summed E-state index contributed by atoms with van der Waals surface area (Å²) in [5, 5.41) is 7.99. The van der Waals surface area contributed by atoms with Crippen molar-refractivity contribution in [2.75, 3.05) is 32.8 Å². The summed E-state index contributed by atoms with van der Waals surface area (Å²) in [6.07, 6.45) is 0.988. The summed E-state index contributed by atoms with van der Waals surface area (Å²) in [5.41, 5.74) is 7.49. The lowest BCUT2D eigenvalue weighted by molar-refractivity contribution is -0.00832. The monoisotopic (exact) mass is 525 g/mol. The first-order valence-electron chi connectivity index (χ1n) is 10.6. The molecule has 0 amide bonds. The van der Waals surface area contributed by atoms with Crippen LogP contribution in [-0.2, 0) is 18.2 Å². The molecule has 0 saturated carbocycles. The molecule has 166 valence electrons. The maximum Gasteiger partial charge on any atom is 0.194 e. The molecule has 2 heterocycles. The third-order valence-corrected chi connectivity index (χ3v) is 5.76. The first-order valence-corrected chi connectivity index (χ1v) is 10.6. The standard InChI is InChI=1S/C23H35N5O.HI/c1-7-24-23(25-11-10-21-18(4)26-27(6)19(21)5)28-12-13-29-22(15-28)20-9-8-16(2)14-17(20)3;/h8-9,14,22H,7,10-13,15H2,1-6H3,(H,24,25);1H. The molecule has 1 aliphatic heterocycles. The molecule has 0 aliphatic carbocycles. The summed E-state index contributed by atoms with van der Waals surface area (Å²) in [4.78, 5) is 7.26. The van der Waals surface area contributed by atoms with Gasteiger partial charge in [0.25, 0.3) is 0 Å². The third-order valence-electron chi connectivity index (χ3n) is 5.76. The number of aliphatic imine (C=N–C) groups is 1. The molecular weight excluding hydrogens is 489 g/mol. The third kappa shape index (κ3) is 5.75. The molecule has 1 unspecified atom stereocenters. The quantitative estimate of drug-likeness (QED) is 0.366. The molecule has 2 aromatic rings. The largest absolute Gasteiger partial charge is 0.370 e. The van der Waals surface area contributed by atoms with Crippen molar-refractivity contribution < 1.29 is 4.74 Å². The predicted octanol–water partition coefficient (Wildman–Crippen LogP) is 3.85. The lowest BCUT2D eigenvalue weighted by atomic mass is 10.00. The average molecular weight is 525 g/mol. The van der Waals surface area contributed by atoms with Crippen LogP contribution in [0.4, 0.5) is 0 Å². The van der Waals surface area contributed by atoms with E-state index in [1.807, 2.05) is 11.7 Å². The highest BCUT2D eigenvalue weighted by Gasteiger charge is 2.25. The Labute approximate surface area is 198 Å². The molecule has 1 aliphatic rings. The van der Waals surface area contributed by atoms with Gasteiger partial charge < -0.3 is 15.0 Å². The van der Waals surface area contributed by atoms with E-state index in [0.717, 1.165) is 44.3 Å². The van der Waals surface area contributed by atoms with Gasteiger partial charge in [-0.1, -0.05) is 23.8 Å². The van der Waals surface area contributed by atoms with Crippen LogP contribution in [0.25, 0.3) is 0 Å². The van der Waals surface area contributed by atoms with E-state index >= 15 is 0 Å². The van der Waals surface area contributed by atoms with Crippen LogP contribution in [0.15, 0.2) is 23.2 Å². The first kappa shape index (κ1) is 24.7. The van der Waals surface area contributed by atoms with Crippen LogP contribution in [0.5, 0.6) is 0 Å². The van der Waals surface area contributed by atoms with E-state index in [1.165, 1.54) is 27.9 Å². The lowest BCUT2D eigenvalue weighted by Gasteiger charge is -2.36. The van der Waals surface area contributed by atoms with Gasteiger partial charge in [0, 0.05) is 32.4 Å². The average Bonchev–Trinajstić information content (AvgIpc) is 2.93. The summed E-state index contributed by atoms with van der Waals surface area (Å²) < 4.78 is 8.07. The topological polar surface area (TPSA) is 54.7 Å². The van der Waals surface area contributed by atoms with Crippen molar-refractivity contribution in [2.24, 2.45) is 12.0 Å². The van der Waals surface area contributed by atoms with E-state index < -0.39 is 0 Å². The number of benzene rings is 1. The Morgan fingerprint density at radius 3 is 2.67 bits per heavy atom. The van der Waals surface area contributed by atoms with Crippen molar-refractivity contribution in [3.63, 3.8) is 0 Å². The highest BCUT2D eigenvalue weighted by molar-refractivity contribution is 14.0. The molecule has 3 rings (SSSR count). The highest BCUT2D eigenvalue weighted by Crippen LogP contribution is 2.26. The maximum atomic E-state index is 6.12. The summed E-state index contributed by atoms with van der Waals surface area (Å²) in [6.45, 7) is 14.6. The van der Waals surface area contributed by atoms with Gasteiger partial charge in [-0.15, -0.1) is 24.0 Å². The van der Waals surface area contributed by atoms with E-state index in [4.69, 9.17) is 9.73 Å². The Kier molecular flexibility index (Phi) is 9.15. The molecule has 1 fully saturated rings. The fourth-order valence-corrected chi connectivity index (χ4v) is 4.10. The number of halogens is 1. The SMILES string of the molecule is CCNC(=NCCc1c(C)nn(C)c1C)N1CCOC(c2ccc(C)cc2C)C1.I. The molecule has 1 aromatic heterocycles. The first-order chi connectivity index (χ1) is 13.9. The van der Waals surface area contributed by atoms with Gasteiger partial charge >= 0.3 is 0 Å². The molecule has 0 radical (unpaired) electrons. The highest BCUT2D eigenvalue weighted by atomic mass is 127. The van der Waals surface area contributed by atoms with Crippen molar-refractivity contribution in [1.82, 2.24) is 20.0 Å². The second-order valence-electron chi connectivity index (χ2n) is 7.92. The van der Waals surface area contributed by atoms with E-state index in [0.29, 0.717) is 6.61 Å². The Hall–Kier alpha value is -1.61. The molecule has 7 heteroatoms. The van der Waals surface area contributed by atoms with Crippen molar-refractivity contribution in [3.05, 3.63) is 51.8 Å². The maximum absolute atomic E-state index is 6.12. The van der Waals surface area contributed by atoms with Crippen LogP contribution in [0.1, 0.15) is 46.7 Å². The number of guanidine groups is 1. The van der Waals surface area contributed by atoms with Crippen LogP contribution in [-0.4, -0.2) is 53.4 Å². The zero-order chi connectivity index (χ0) is 21.0. The summed E-state index contributed by atoms with van der Waals surface area (Å²) in [6, 6.07) is 6.61. The van der Waals surface area contributed by atoms with Gasteiger partial charge in [0.2, 0.25) is 0 Å². The summed E-state index contributed by atoms with van der Waals surface area (Å²) in [5.74, 6) is 0.977. The number of aromatic nitrogens is 2. The van der Waals surface area contributed by atoms with Crippen molar-refractivity contribution in [3.8, 4) is 0 Å². The fourth-order valence-electron chi connectivity index (χ4n) is 4.10. The second-order valence-corrected chi connectivity index (χ2v) is 7.92. The van der Waals surface area contributed by atoms with Crippen LogP contribution < -0.4 is 5.32 Å². The van der Waals surface area contributed by atoms with Gasteiger partial charge in [0.1, 0.15) is 6.10 Å². The smallest absolute Gasteiger partial charge is 0.194 e. The predicted molar refractivity (Wildman–Crippen MR) is 134 cm³/mol. The number of rotatable bonds is 5. The minimum absolute atomic E-state index is 0. The van der Waals surface area contributed by atoms with Gasteiger partial charge in [-0.3, -0.25) is 9.67 Å². The van der Waals surface area contributed by atoms with Gasteiger partial charge in [-0.2, -0.15) is 5.10 Å². The number of nitrogens with zero attached hydrogens (tertiary/aromatic N) is 4. The minimum atomic E-state index is 0. The summed E-state index contributed by atoms with van der Waals surface area (Å²) >= 11 is 0. The Bertz CT molecular complexity index is 877. The normalized spacial score (nSPS) is 17.1. The van der Waals surface area contributed by atoms with Gasteiger partial charge in [0.05, 0.1) is 18.8 Å². The number of nitrogens with one attached hydrogen (secondary N) is 1.